The van der Waals surface area contributed by atoms with E-state index in [1.807, 2.05) is 4.90 Å². The first-order valence-electron chi connectivity index (χ1n) is 7.18. The average Bonchev–Trinajstić information content (AvgIpc) is 3.08. The Hall–Kier alpha value is -1.45. The van der Waals surface area contributed by atoms with Crippen molar-refractivity contribution in [2.24, 2.45) is 5.92 Å². The van der Waals surface area contributed by atoms with Crippen molar-refractivity contribution in [1.82, 2.24) is 9.88 Å². The Labute approximate surface area is 112 Å². The van der Waals surface area contributed by atoms with E-state index in [4.69, 9.17) is 0 Å². The van der Waals surface area contributed by atoms with E-state index in [9.17, 15) is 9.18 Å². The van der Waals surface area contributed by atoms with Crippen molar-refractivity contribution in [2.75, 3.05) is 6.54 Å². The van der Waals surface area contributed by atoms with Crippen LogP contribution < -0.4 is 0 Å². The third-order valence-corrected chi connectivity index (χ3v) is 4.48. The molecule has 1 saturated heterocycles. The van der Waals surface area contributed by atoms with Gasteiger partial charge in [-0.3, -0.25) is 4.79 Å². The van der Waals surface area contributed by atoms with Crippen molar-refractivity contribution in [3.05, 3.63) is 29.8 Å². The Morgan fingerprint density at radius 2 is 2.05 bits per heavy atom. The van der Waals surface area contributed by atoms with E-state index in [2.05, 4.69) is 4.98 Å². The number of likely N-dealkylation sites (tertiary alicyclic amines) is 1. The van der Waals surface area contributed by atoms with Gasteiger partial charge >= 0.3 is 0 Å². The standard InChI is InChI=1S/C15H19FN2O/c16-14-10-12(7-8-17-14)15(19)18-9-3-6-13(18)11-4-1-2-5-11/h7-8,10-11,13H,1-6,9H2. The van der Waals surface area contributed by atoms with Crippen LogP contribution in [0.4, 0.5) is 4.39 Å². The molecule has 2 aliphatic rings. The third kappa shape index (κ3) is 2.48. The normalized spacial score (nSPS) is 24.1. The van der Waals surface area contributed by atoms with E-state index < -0.39 is 5.95 Å². The molecule has 19 heavy (non-hydrogen) atoms. The molecule has 0 bridgehead atoms. The summed E-state index contributed by atoms with van der Waals surface area (Å²) in [5, 5.41) is 0. The zero-order valence-electron chi connectivity index (χ0n) is 11.0. The Bertz CT molecular complexity index is 471. The number of pyridine rings is 1. The summed E-state index contributed by atoms with van der Waals surface area (Å²) in [5.41, 5.74) is 0.428. The molecule has 1 aliphatic heterocycles. The molecular formula is C15H19FN2O. The molecule has 2 fully saturated rings. The van der Waals surface area contributed by atoms with Gasteiger partial charge in [0.25, 0.3) is 5.91 Å². The number of hydrogen-bond acceptors (Lipinski definition) is 2. The van der Waals surface area contributed by atoms with E-state index in [0.717, 1.165) is 19.4 Å². The zero-order valence-corrected chi connectivity index (χ0v) is 11.0. The minimum atomic E-state index is -0.581. The van der Waals surface area contributed by atoms with Crippen LogP contribution >= 0.6 is 0 Å². The van der Waals surface area contributed by atoms with Crippen LogP contribution in [0.5, 0.6) is 0 Å². The van der Waals surface area contributed by atoms with Crippen LogP contribution in [-0.2, 0) is 0 Å². The number of halogens is 1. The maximum atomic E-state index is 13.1. The third-order valence-electron chi connectivity index (χ3n) is 4.48. The number of carbonyl (C=O) groups excluding carboxylic acids is 1. The first-order valence-corrected chi connectivity index (χ1v) is 7.18. The molecule has 102 valence electrons. The molecule has 0 N–H and O–H groups in total. The van der Waals surface area contributed by atoms with Crippen molar-refractivity contribution >= 4 is 5.91 Å². The van der Waals surface area contributed by atoms with Crippen LogP contribution in [0.3, 0.4) is 0 Å². The van der Waals surface area contributed by atoms with E-state index in [0.29, 0.717) is 17.5 Å². The van der Waals surface area contributed by atoms with Gasteiger partial charge in [0.1, 0.15) is 0 Å². The molecule has 3 nitrogen and oxygen atoms in total. The van der Waals surface area contributed by atoms with Crippen LogP contribution in [0.25, 0.3) is 0 Å². The average molecular weight is 262 g/mol. The lowest BCUT2D eigenvalue weighted by molar-refractivity contribution is 0.0688. The zero-order chi connectivity index (χ0) is 13.2. The maximum absolute atomic E-state index is 13.1. The Balaban J connectivity index is 1.78. The number of rotatable bonds is 2. The van der Waals surface area contributed by atoms with Crippen LogP contribution in [0.1, 0.15) is 48.9 Å². The fraction of sp³-hybridized carbons (Fsp3) is 0.600. The lowest BCUT2D eigenvalue weighted by atomic mass is 9.95. The summed E-state index contributed by atoms with van der Waals surface area (Å²) in [7, 11) is 0. The van der Waals surface area contributed by atoms with Crippen molar-refractivity contribution in [3.63, 3.8) is 0 Å². The minimum absolute atomic E-state index is 0.0318. The highest BCUT2D eigenvalue weighted by Crippen LogP contribution is 2.35. The van der Waals surface area contributed by atoms with Gasteiger partial charge in [-0.2, -0.15) is 4.39 Å². The van der Waals surface area contributed by atoms with Gasteiger partial charge in [-0.1, -0.05) is 12.8 Å². The quantitative estimate of drug-likeness (QED) is 0.768. The summed E-state index contributed by atoms with van der Waals surface area (Å²) in [6.07, 6.45) is 8.58. The summed E-state index contributed by atoms with van der Waals surface area (Å²) < 4.78 is 13.1. The molecule has 1 aromatic rings. The molecule has 1 atom stereocenters. The van der Waals surface area contributed by atoms with Crippen molar-refractivity contribution < 1.29 is 9.18 Å². The number of aromatic nitrogens is 1. The summed E-state index contributed by atoms with van der Waals surface area (Å²) >= 11 is 0. The summed E-state index contributed by atoms with van der Waals surface area (Å²) in [5.74, 6) is 0.0382. The summed E-state index contributed by atoms with van der Waals surface area (Å²) in [6.45, 7) is 0.809. The molecule has 1 saturated carbocycles. The van der Waals surface area contributed by atoms with Gasteiger partial charge in [-0.25, -0.2) is 4.98 Å². The van der Waals surface area contributed by atoms with Crippen LogP contribution in [0.2, 0.25) is 0 Å². The molecule has 0 spiro atoms. The lowest BCUT2D eigenvalue weighted by Crippen LogP contribution is -2.39. The van der Waals surface area contributed by atoms with Gasteiger partial charge in [-0.15, -0.1) is 0 Å². The molecule has 1 amide bonds. The lowest BCUT2D eigenvalue weighted by Gasteiger charge is -2.29. The minimum Gasteiger partial charge on any atom is -0.335 e. The Morgan fingerprint density at radius 3 is 2.79 bits per heavy atom. The molecule has 1 aliphatic carbocycles. The molecule has 3 rings (SSSR count). The Morgan fingerprint density at radius 1 is 1.26 bits per heavy atom. The first-order chi connectivity index (χ1) is 9.25. The van der Waals surface area contributed by atoms with Gasteiger partial charge in [0.2, 0.25) is 5.95 Å². The van der Waals surface area contributed by atoms with Crippen LogP contribution in [-0.4, -0.2) is 28.4 Å². The van der Waals surface area contributed by atoms with E-state index in [1.54, 1.807) is 6.07 Å². The molecule has 2 heterocycles. The van der Waals surface area contributed by atoms with E-state index in [-0.39, 0.29) is 5.91 Å². The number of hydrogen-bond donors (Lipinski definition) is 0. The fourth-order valence-electron chi connectivity index (χ4n) is 3.58. The highest BCUT2D eigenvalue weighted by Gasteiger charge is 2.36. The van der Waals surface area contributed by atoms with Crippen LogP contribution in [0, 0.1) is 11.9 Å². The number of nitrogens with zero attached hydrogens (tertiary/aromatic N) is 2. The maximum Gasteiger partial charge on any atom is 0.254 e. The largest absolute Gasteiger partial charge is 0.335 e. The monoisotopic (exact) mass is 262 g/mol. The smallest absolute Gasteiger partial charge is 0.254 e. The second kappa shape index (κ2) is 5.27. The first kappa shape index (κ1) is 12.6. The van der Waals surface area contributed by atoms with E-state index >= 15 is 0 Å². The van der Waals surface area contributed by atoms with E-state index in [1.165, 1.54) is 37.9 Å². The number of amides is 1. The number of carbonyl (C=O) groups is 1. The SMILES string of the molecule is O=C(c1ccnc(F)c1)N1CCCC1C1CCCC1. The van der Waals surface area contributed by atoms with Crippen LogP contribution in [0.15, 0.2) is 18.3 Å². The second-order valence-corrected chi connectivity index (χ2v) is 5.62. The molecule has 1 aromatic heterocycles. The highest BCUT2D eigenvalue weighted by molar-refractivity contribution is 5.94. The predicted molar refractivity (Wildman–Crippen MR) is 70.2 cm³/mol. The molecule has 0 aromatic carbocycles. The molecule has 1 unspecified atom stereocenters. The Kier molecular flexibility index (Phi) is 3.49. The molecule has 0 radical (unpaired) electrons. The van der Waals surface area contributed by atoms with Gasteiger partial charge < -0.3 is 4.90 Å². The van der Waals surface area contributed by atoms with Crippen molar-refractivity contribution in [3.8, 4) is 0 Å². The summed E-state index contributed by atoms with van der Waals surface area (Å²) in [6, 6.07) is 3.22. The van der Waals surface area contributed by atoms with Crippen molar-refractivity contribution in [2.45, 2.75) is 44.6 Å². The van der Waals surface area contributed by atoms with Gasteiger partial charge in [0, 0.05) is 30.4 Å². The topological polar surface area (TPSA) is 33.2 Å². The van der Waals surface area contributed by atoms with Gasteiger partial charge in [0.15, 0.2) is 0 Å². The van der Waals surface area contributed by atoms with Crippen molar-refractivity contribution in [1.29, 1.82) is 0 Å². The van der Waals surface area contributed by atoms with Gasteiger partial charge in [-0.05, 0) is 37.7 Å². The molecule has 4 heteroatoms. The highest BCUT2D eigenvalue weighted by atomic mass is 19.1. The predicted octanol–water partition coefficient (Wildman–Crippen LogP) is 3.02. The summed E-state index contributed by atoms with van der Waals surface area (Å²) in [4.78, 5) is 18.0. The van der Waals surface area contributed by atoms with Gasteiger partial charge in [0.05, 0.1) is 0 Å². The fourth-order valence-corrected chi connectivity index (χ4v) is 3.58. The molecular weight excluding hydrogens is 243 g/mol. The second-order valence-electron chi connectivity index (χ2n) is 5.62.